The van der Waals surface area contributed by atoms with Gasteiger partial charge in [0, 0.05) is 27.6 Å². The largest absolute Gasteiger partial charge is 0.468 e. The summed E-state index contributed by atoms with van der Waals surface area (Å²) in [6.45, 7) is 0. The summed E-state index contributed by atoms with van der Waals surface area (Å²) in [4.78, 5) is 36.9. The summed E-state index contributed by atoms with van der Waals surface area (Å²) in [6, 6.07) is 12.3. The number of esters is 1. The van der Waals surface area contributed by atoms with Crippen LogP contribution in [0.1, 0.15) is 27.1 Å². The molecule has 0 heterocycles. The highest BCUT2D eigenvalue weighted by molar-refractivity contribution is 6.31. The van der Waals surface area contributed by atoms with Gasteiger partial charge in [-0.05, 0) is 48.5 Å². The number of rotatable bonds is 6. The Labute approximate surface area is 149 Å². The van der Waals surface area contributed by atoms with Gasteiger partial charge in [-0.15, -0.1) is 0 Å². The zero-order valence-corrected chi connectivity index (χ0v) is 14.3. The Bertz CT molecular complexity index is 752. The van der Waals surface area contributed by atoms with E-state index in [1.807, 2.05) is 0 Å². The molecule has 0 aliphatic heterocycles. The molecule has 0 N–H and O–H groups in total. The number of halogens is 2. The predicted molar refractivity (Wildman–Crippen MR) is 91.7 cm³/mol. The fourth-order valence-corrected chi connectivity index (χ4v) is 2.43. The molecule has 6 heteroatoms. The van der Waals surface area contributed by atoms with Crippen molar-refractivity contribution in [1.29, 1.82) is 0 Å². The van der Waals surface area contributed by atoms with Crippen molar-refractivity contribution in [3.63, 3.8) is 0 Å². The van der Waals surface area contributed by atoms with Gasteiger partial charge in [0.15, 0.2) is 11.6 Å². The van der Waals surface area contributed by atoms with Gasteiger partial charge in [-0.2, -0.15) is 0 Å². The summed E-state index contributed by atoms with van der Waals surface area (Å²) in [5.74, 6) is -2.79. The molecule has 24 heavy (non-hydrogen) atoms. The first-order chi connectivity index (χ1) is 11.4. The lowest BCUT2D eigenvalue weighted by Gasteiger charge is -2.13. The number of Topliss-reactive ketones (excluding diaryl/α,β-unsaturated/α-hetero) is 2. The minimum Gasteiger partial charge on any atom is -0.468 e. The highest BCUT2D eigenvalue weighted by Gasteiger charge is 2.31. The number of hydrogen-bond acceptors (Lipinski definition) is 4. The Morgan fingerprint density at radius 3 is 1.79 bits per heavy atom. The normalized spacial score (nSPS) is 11.6. The van der Waals surface area contributed by atoms with Crippen molar-refractivity contribution in [3.8, 4) is 0 Å². The number of ketones is 2. The predicted octanol–water partition coefficient (Wildman–Crippen LogP) is 4.24. The highest BCUT2D eigenvalue weighted by atomic mass is 35.5. The van der Waals surface area contributed by atoms with Gasteiger partial charge in [0.05, 0.1) is 7.11 Å². The smallest absolute Gasteiger partial charge is 0.317 e. The molecule has 1 unspecified atom stereocenters. The van der Waals surface area contributed by atoms with Gasteiger partial charge in [-0.25, -0.2) is 0 Å². The minimum atomic E-state index is -1.21. The first kappa shape index (κ1) is 18.2. The van der Waals surface area contributed by atoms with Gasteiger partial charge in [0.25, 0.3) is 0 Å². The molecule has 1 atom stereocenters. The van der Waals surface area contributed by atoms with Crippen molar-refractivity contribution in [2.24, 2.45) is 5.92 Å². The fraction of sp³-hybridized carbons (Fsp3) is 0.167. The van der Waals surface area contributed by atoms with Crippen LogP contribution >= 0.6 is 23.2 Å². The maximum atomic E-state index is 12.6. The molecule has 0 bridgehead atoms. The van der Waals surface area contributed by atoms with Gasteiger partial charge in [-0.3, -0.25) is 14.4 Å². The van der Waals surface area contributed by atoms with E-state index in [0.717, 1.165) is 0 Å². The second-order valence-corrected chi connectivity index (χ2v) is 5.95. The summed E-state index contributed by atoms with van der Waals surface area (Å²) in [5, 5.41) is 0.965. The molecule has 4 nitrogen and oxygen atoms in total. The first-order valence-electron chi connectivity index (χ1n) is 7.08. The third kappa shape index (κ3) is 4.43. The van der Waals surface area contributed by atoms with Crippen LogP contribution in [0.4, 0.5) is 0 Å². The van der Waals surface area contributed by atoms with Crippen molar-refractivity contribution in [2.45, 2.75) is 6.42 Å². The zero-order chi connectivity index (χ0) is 17.7. The topological polar surface area (TPSA) is 60.4 Å². The summed E-state index contributed by atoms with van der Waals surface area (Å²) in [7, 11) is 1.18. The maximum Gasteiger partial charge on any atom is 0.317 e. The van der Waals surface area contributed by atoms with E-state index in [0.29, 0.717) is 21.2 Å². The summed E-state index contributed by atoms with van der Waals surface area (Å²) in [5.41, 5.74) is 0.663. The average molecular weight is 365 g/mol. The van der Waals surface area contributed by atoms with Crippen LogP contribution in [-0.2, 0) is 9.53 Å². The Morgan fingerprint density at radius 2 is 1.33 bits per heavy atom. The van der Waals surface area contributed by atoms with E-state index in [2.05, 4.69) is 4.74 Å². The zero-order valence-electron chi connectivity index (χ0n) is 12.8. The molecule has 2 aromatic carbocycles. The summed E-state index contributed by atoms with van der Waals surface area (Å²) < 4.78 is 4.68. The van der Waals surface area contributed by atoms with Crippen LogP contribution in [0.2, 0.25) is 10.0 Å². The lowest BCUT2D eigenvalue weighted by atomic mass is 9.91. The van der Waals surface area contributed by atoms with Crippen LogP contribution in [0, 0.1) is 5.92 Å². The summed E-state index contributed by atoms with van der Waals surface area (Å²) in [6.07, 6.45) is -0.282. The average Bonchev–Trinajstić information content (AvgIpc) is 2.59. The number of carbonyl (C=O) groups is 3. The van der Waals surface area contributed by atoms with Crippen LogP contribution in [0.25, 0.3) is 0 Å². The monoisotopic (exact) mass is 364 g/mol. The molecule has 0 radical (unpaired) electrons. The summed E-state index contributed by atoms with van der Waals surface area (Å²) >= 11 is 11.6. The van der Waals surface area contributed by atoms with Gasteiger partial charge in [0.1, 0.15) is 5.92 Å². The van der Waals surface area contributed by atoms with E-state index >= 15 is 0 Å². The van der Waals surface area contributed by atoms with E-state index in [-0.39, 0.29) is 12.2 Å². The molecule has 0 aromatic heterocycles. The molecule has 2 rings (SSSR count). The van der Waals surface area contributed by atoms with Crippen LogP contribution in [0.5, 0.6) is 0 Å². The number of carbonyl (C=O) groups excluding carboxylic acids is 3. The molecule has 2 aromatic rings. The molecule has 0 amide bonds. The third-order valence-corrected chi connectivity index (χ3v) is 3.99. The van der Waals surface area contributed by atoms with Gasteiger partial charge in [0.2, 0.25) is 0 Å². The van der Waals surface area contributed by atoms with Crippen molar-refractivity contribution in [3.05, 3.63) is 69.7 Å². The second-order valence-electron chi connectivity index (χ2n) is 5.08. The lowest BCUT2D eigenvalue weighted by Crippen LogP contribution is -2.28. The Hall–Kier alpha value is -2.17. The standard InChI is InChI=1S/C18H14Cl2O4/c1-24-18(23)15(17(22)12-4-8-14(20)9-5-12)10-16(21)11-2-6-13(19)7-3-11/h2-9,15H,10H2,1H3. The molecule has 0 aliphatic rings. The van der Waals surface area contributed by atoms with Crippen LogP contribution in [0.15, 0.2) is 48.5 Å². The SMILES string of the molecule is COC(=O)C(CC(=O)c1ccc(Cl)cc1)C(=O)c1ccc(Cl)cc1. The third-order valence-electron chi connectivity index (χ3n) is 3.49. The fourth-order valence-electron chi connectivity index (χ4n) is 2.18. The van der Waals surface area contributed by atoms with Crippen LogP contribution in [0.3, 0.4) is 0 Å². The molecule has 0 aliphatic carbocycles. The molecule has 124 valence electrons. The Kier molecular flexibility index (Phi) is 6.12. The Balaban J connectivity index is 2.23. The first-order valence-corrected chi connectivity index (χ1v) is 7.84. The van der Waals surface area contributed by atoms with E-state index in [9.17, 15) is 14.4 Å². The Morgan fingerprint density at radius 1 is 0.875 bits per heavy atom. The number of hydrogen-bond donors (Lipinski definition) is 0. The number of methoxy groups -OCH3 is 1. The van der Waals surface area contributed by atoms with Crippen molar-refractivity contribution in [1.82, 2.24) is 0 Å². The number of ether oxygens (including phenoxy) is 1. The van der Waals surface area contributed by atoms with E-state index in [4.69, 9.17) is 23.2 Å². The minimum absolute atomic E-state index is 0.282. The molecular formula is C18H14Cl2O4. The number of benzene rings is 2. The van der Waals surface area contributed by atoms with Crippen LogP contribution in [-0.4, -0.2) is 24.6 Å². The van der Waals surface area contributed by atoms with Crippen molar-refractivity contribution in [2.75, 3.05) is 7.11 Å². The lowest BCUT2D eigenvalue weighted by molar-refractivity contribution is -0.143. The van der Waals surface area contributed by atoms with Crippen molar-refractivity contribution >= 4 is 40.7 Å². The van der Waals surface area contributed by atoms with E-state index < -0.39 is 17.7 Å². The second kappa shape index (κ2) is 8.08. The van der Waals surface area contributed by atoms with E-state index in [1.165, 1.54) is 19.2 Å². The molecule has 0 saturated carbocycles. The van der Waals surface area contributed by atoms with Crippen molar-refractivity contribution < 1.29 is 19.1 Å². The van der Waals surface area contributed by atoms with Gasteiger partial charge >= 0.3 is 5.97 Å². The molecular weight excluding hydrogens is 351 g/mol. The van der Waals surface area contributed by atoms with E-state index in [1.54, 1.807) is 36.4 Å². The molecule has 0 fully saturated rings. The molecule has 0 saturated heterocycles. The maximum absolute atomic E-state index is 12.6. The molecule has 0 spiro atoms. The van der Waals surface area contributed by atoms with Crippen LogP contribution < -0.4 is 0 Å². The quantitative estimate of drug-likeness (QED) is 0.437. The van der Waals surface area contributed by atoms with Gasteiger partial charge < -0.3 is 4.74 Å². The van der Waals surface area contributed by atoms with Gasteiger partial charge in [-0.1, -0.05) is 23.2 Å². The highest BCUT2D eigenvalue weighted by Crippen LogP contribution is 2.20.